The van der Waals surface area contributed by atoms with Crippen molar-refractivity contribution in [3.8, 4) is 0 Å². The highest BCUT2D eigenvalue weighted by Crippen LogP contribution is 2.78. The van der Waals surface area contributed by atoms with Crippen LogP contribution in [-0.4, -0.2) is 256 Å². The molecular formula is C39F85O2Si3. The summed E-state index contributed by atoms with van der Waals surface area (Å²) in [5.74, 6) is -307. The van der Waals surface area contributed by atoms with Crippen molar-refractivity contribution in [2.24, 2.45) is 0 Å². The van der Waals surface area contributed by atoms with Crippen LogP contribution in [-0.2, 0) is 8.23 Å². The number of rotatable bonds is 36. The van der Waals surface area contributed by atoms with Crippen molar-refractivity contribution in [3.05, 3.63) is 0 Å². The molecule has 0 unspecified atom stereocenters. The Kier molecular flexibility index (Phi) is 28.8. The monoisotopic (exact) mass is 2200 g/mol. The molecule has 0 bridgehead atoms. The molecule has 0 aromatic rings. The highest BCUT2D eigenvalue weighted by atomic mass is 28.4. The van der Waals surface area contributed by atoms with Gasteiger partial charge in [-0.15, -0.1) is 0 Å². The molecule has 0 aliphatic carbocycles. The summed E-state index contributed by atoms with van der Waals surface area (Å²) >= 11 is 0. The maximum absolute atomic E-state index is 18.6. The number of hydrogen-bond acceptors (Lipinski definition) is 2. The molecule has 0 amide bonds. The summed E-state index contributed by atoms with van der Waals surface area (Å²) in [6.07, 6.45) is -72.5. The third-order valence-corrected chi connectivity index (χ3v) is 27.7. The summed E-state index contributed by atoms with van der Waals surface area (Å²) in [5, 5.41) is 0. The van der Waals surface area contributed by atoms with Crippen molar-refractivity contribution in [1.29, 1.82) is 0 Å². The van der Waals surface area contributed by atoms with Gasteiger partial charge in [0.2, 0.25) is 0 Å². The van der Waals surface area contributed by atoms with Crippen molar-refractivity contribution < 1.29 is 381 Å². The van der Waals surface area contributed by atoms with Crippen molar-refractivity contribution in [3.63, 3.8) is 0 Å². The zero-order valence-corrected chi connectivity index (χ0v) is 56.9. The molecule has 0 atom stereocenters. The second-order valence-electron chi connectivity index (χ2n) is 23.7. The van der Waals surface area contributed by atoms with E-state index in [1.54, 1.807) is 0 Å². The Balaban J connectivity index is 14.8. The van der Waals surface area contributed by atoms with Gasteiger partial charge in [0.05, 0.1) is 0 Å². The van der Waals surface area contributed by atoms with Crippen molar-refractivity contribution in [1.82, 2.24) is 0 Å². The fraction of sp³-hybridized carbons (Fsp3) is 1.00. The van der Waals surface area contributed by atoms with Gasteiger partial charge in [-0.2, -0.15) is 321 Å². The predicted molar refractivity (Wildman–Crippen MR) is 220 cm³/mol. The van der Waals surface area contributed by atoms with Crippen LogP contribution in [0, 0.1) is 0 Å². The Morgan fingerprint density at radius 3 is 0.256 bits per heavy atom. The first kappa shape index (κ1) is 124. The van der Waals surface area contributed by atoms with Gasteiger partial charge < -0.3 is 8.23 Å². The average molecular weight is 2200 g/mol. The van der Waals surface area contributed by atoms with E-state index >= 15 is 176 Å². The third kappa shape index (κ3) is 14.3. The van der Waals surface area contributed by atoms with E-state index in [2.05, 4.69) is 0 Å². The summed E-state index contributed by atoms with van der Waals surface area (Å²) in [4.78, 5) is 0. The second-order valence-corrected chi connectivity index (χ2v) is 33.0. The topological polar surface area (TPSA) is 18.5 Å². The minimum Gasteiger partial charge on any atom is -0.419 e. The molecule has 775 valence electrons. The van der Waals surface area contributed by atoms with E-state index in [4.69, 9.17) is 0 Å². The lowest BCUT2D eigenvalue weighted by Gasteiger charge is -2.57. The first-order chi connectivity index (χ1) is 53.8. The fourth-order valence-corrected chi connectivity index (χ4v) is 21.5. The molecule has 2 nitrogen and oxygen atoms in total. The maximum Gasteiger partial charge on any atom is 0.460 e. The second kappa shape index (κ2) is 30.1. The number of halogens is 85. The third-order valence-electron chi connectivity index (χ3n) is 15.8. The van der Waals surface area contributed by atoms with Gasteiger partial charge in [-0.3, -0.25) is 0 Å². The van der Waals surface area contributed by atoms with Gasteiger partial charge in [0.15, 0.2) is 0 Å². The van der Waals surface area contributed by atoms with Crippen LogP contribution in [0.4, 0.5) is 373 Å². The normalized spacial score (nSPS) is 17.6. The highest BCUT2D eigenvalue weighted by molar-refractivity contribution is 6.90. The lowest BCUT2D eigenvalue weighted by Crippen LogP contribution is -2.95. The maximum atomic E-state index is 17.1. The van der Waals surface area contributed by atoms with Gasteiger partial charge in [-0.1, -0.05) is 0 Å². The lowest BCUT2D eigenvalue weighted by atomic mass is 9.97. The SMILES string of the molecule is FC(F)(F)C(F)(F)C(F)(F)[Si](O[Si](C(F)(F)C(F)(F)C(F)(F)C(F)(F)C(F)(F)C(F)(F)F)(C(F)(F)C(F)(F)C(F)(F)C(F)(F)C(F)(F)C(F)(F)F)C(F)(F)C(F)(F)C(F)(F)C(F)(F)C(F)(F)C(F)(F)F)O[Si](C(F)(F)C(F)(F)C(F)(F)C(F)(F)C(F)(F)C(F)(F)F)(C(F)(F)C(F)(F)C(F)(F)C(F)(F)C(F)(F)C(F)(F)F)C(F)(F)C(F)(F)C(F)(F)C(F)(F)C(F)(F)C(F)(F)F. The van der Waals surface area contributed by atoms with E-state index in [9.17, 15) is 198 Å². The first-order valence-electron chi connectivity index (χ1n) is 26.6. The largest absolute Gasteiger partial charge is 0.460 e. The van der Waals surface area contributed by atoms with Crippen LogP contribution in [0.1, 0.15) is 0 Å². The molecule has 0 aromatic heterocycles. The first-order valence-corrected chi connectivity index (χ1v) is 31.8. The van der Waals surface area contributed by atoms with Crippen molar-refractivity contribution in [2.45, 2.75) is 230 Å². The predicted octanol–water partition coefficient (Wildman–Crippen LogP) is 26.4. The Bertz CT molecular complexity index is 3360. The van der Waals surface area contributed by atoms with Crippen LogP contribution >= 0.6 is 0 Å². The number of alkyl halides is 85. The van der Waals surface area contributed by atoms with E-state index in [1.807, 2.05) is 0 Å². The zero-order valence-electron chi connectivity index (χ0n) is 53.9. The molecule has 0 spiro atoms. The standard InChI is InChI=1S/C39F85O2Si3/c40-1(41,13(64,65)26(90,91)92)7(52,53)19(76,77)34(113,114)128(35(115,116)20(78,79)8(54,55)2(42,43)14(66,67)27(93,94)95,36(117,118)21(80,81)9(56,57)3(44,45)15(68,69)28(96,97)98)125-127(33(111,112)25(88,89)32(108,109)110)126-129(37(119,120)22(82,83)10(58,59)4(46,47)16(70,71)29(99,100)101,38(121,122)23(84,85)11(60,61)5(48,49)17(72,73)30(102,103)104)39(123,124)24(86,87)12(62,63)6(50,51)18(74,75)31(105,106)107. The van der Waals surface area contributed by atoms with Gasteiger partial charge >= 0.3 is 256 Å². The molecule has 129 heavy (non-hydrogen) atoms. The van der Waals surface area contributed by atoms with E-state index < -0.39 is 264 Å². The van der Waals surface area contributed by atoms with E-state index in [0.717, 1.165) is 0 Å². The summed E-state index contributed by atoms with van der Waals surface area (Å²) in [6, 6.07) is 0. The molecule has 0 N–H and O–H groups in total. The molecule has 1 radical (unpaired) electrons. The lowest BCUT2D eigenvalue weighted by molar-refractivity contribution is -0.447. The fourth-order valence-electron chi connectivity index (χ4n) is 8.24. The van der Waals surface area contributed by atoms with Gasteiger partial charge in [0, 0.05) is 0 Å². The zero-order chi connectivity index (χ0) is 107. The molecule has 0 aliphatic heterocycles. The van der Waals surface area contributed by atoms with Crippen LogP contribution in [0.3, 0.4) is 0 Å². The van der Waals surface area contributed by atoms with E-state index in [-0.39, 0.29) is 0 Å². The Morgan fingerprint density at radius 1 is 0.101 bits per heavy atom. The van der Waals surface area contributed by atoms with Gasteiger partial charge in [0.1, 0.15) is 0 Å². The molecule has 0 aromatic carbocycles. The highest BCUT2D eigenvalue weighted by Gasteiger charge is 3.13. The Morgan fingerprint density at radius 2 is 0.178 bits per heavy atom. The van der Waals surface area contributed by atoms with Crippen LogP contribution in [0.5, 0.6) is 0 Å². The molecule has 0 heterocycles. The minimum absolute atomic E-state index is 0.724. The summed E-state index contributed by atoms with van der Waals surface area (Å²) in [5.41, 5.74) is -99.8. The molecule has 0 saturated heterocycles. The average Bonchev–Trinajstić information content (AvgIpc) is 0.647. The summed E-state index contributed by atoms with van der Waals surface area (Å²) in [7, 11) is -52.5. The Labute approximate surface area is 638 Å². The van der Waals surface area contributed by atoms with Gasteiger partial charge in [0.25, 0.3) is 0 Å². The van der Waals surface area contributed by atoms with Gasteiger partial charge in [-0.05, 0) is 0 Å². The smallest absolute Gasteiger partial charge is 0.419 e. The molecule has 0 saturated carbocycles. The summed E-state index contributed by atoms with van der Waals surface area (Å²) in [6.45, 7) is 0. The molecule has 0 fully saturated rings. The van der Waals surface area contributed by atoms with Crippen LogP contribution in [0.15, 0.2) is 0 Å². The Hall–Kier alpha value is -5.38. The van der Waals surface area contributed by atoms with E-state index in [1.165, 1.54) is 0 Å². The van der Waals surface area contributed by atoms with E-state index in [0.29, 0.717) is 0 Å². The van der Waals surface area contributed by atoms with Crippen molar-refractivity contribution in [2.75, 3.05) is 0 Å². The molecule has 0 rings (SSSR count). The number of hydrogen-bond donors (Lipinski definition) is 0. The molecule has 0 aliphatic rings. The van der Waals surface area contributed by atoms with Crippen LogP contribution < -0.4 is 0 Å². The summed E-state index contributed by atoms with van der Waals surface area (Å²) < 4.78 is 1270. The van der Waals surface area contributed by atoms with Crippen LogP contribution in [0.25, 0.3) is 0 Å². The molecular weight excluding hydrogens is 2200 g/mol. The van der Waals surface area contributed by atoms with Crippen molar-refractivity contribution >= 4 is 25.9 Å². The quantitative estimate of drug-likeness (QED) is 0.0460. The van der Waals surface area contributed by atoms with Crippen LogP contribution in [0.2, 0.25) is 0 Å². The molecule has 90 heteroatoms. The van der Waals surface area contributed by atoms with Gasteiger partial charge in [-0.25, -0.2) is 52.7 Å². The minimum atomic E-state index is -18.6.